The number of anilines is 1. The lowest BCUT2D eigenvalue weighted by molar-refractivity contribution is -0.138. The molecule has 0 aromatic heterocycles. The largest absolute Gasteiger partial charge is 0.418 e. The fourth-order valence-electron chi connectivity index (χ4n) is 2.51. The molecule has 0 bridgehead atoms. The number of aliphatic hydroxyl groups excluding tert-OH is 1. The van der Waals surface area contributed by atoms with Crippen molar-refractivity contribution in [2.24, 2.45) is 0 Å². The molecule has 0 heterocycles. The molecule has 0 spiro atoms. The van der Waals surface area contributed by atoms with E-state index < -0.39 is 41.2 Å². The second-order valence-electron chi connectivity index (χ2n) is 5.62. The van der Waals surface area contributed by atoms with Gasteiger partial charge in [-0.1, -0.05) is 0 Å². The maximum absolute atomic E-state index is 13.0. The first-order valence-electron chi connectivity index (χ1n) is 7.33. The van der Waals surface area contributed by atoms with Crippen LogP contribution < -0.4 is 10.6 Å². The lowest BCUT2D eigenvalue weighted by atomic mass is 9.93. The summed E-state index contributed by atoms with van der Waals surface area (Å²) in [5.41, 5.74) is -2.06. The van der Waals surface area contributed by atoms with Gasteiger partial charge in [0.1, 0.15) is 5.82 Å². The molecular formula is C15H16F4N2O3. The number of hydrogen-bond acceptors (Lipinski definition) is 3. The van der Waals surface area contributed by atoms with Crippen LogP contribution in [0, 0.1) is 5.82 Å². The van der Waals surface area contributed by atoms with Crippen LogP contribution in [0.4, 0.5) is 23.2 Å². The van der Waals surface area contributed by atoms with Crippen molar-refractivity contribution in [3.8, 4) is 0 Å². The zero-order valence-corrected chi connectivity index (χ0v) is 12.5. The Hall–Kier alpha value is -2.16. The van der Waals surface area contributed by atoms with Crippen LogP contribution in [0.3, 0.4) is 0 Å². The first-order valence-corrected chi connectivity index (χ1v) is 7.33. The number of amides is 2. The minimum atomic E-state index is -4.87. The zero-order chi connectivity index (χ0) is 17.9. The number of hydrogen-bond donors (Lipinski definition) is 3. The number of carbonyl (C=O) groups excluding carboxylic acids is 2. The van der Waals surface area contributed by atoms with Crippen molar-refractivity contribution in [3.63, 3.8) is 0 Å². The Labute approximate surface area is 135 Å². The molecule has 0 saturated heterocycles. The van der Waals surface area contributed by atoms with E-state index in [0.717, 1.165) is 12.1 Å². The average molecular weight is 348 g/mol. The number of benzene rings is 1. The summed E-state index contributed by atoms with van der Waals surface area (Å²) >= 11 is 0. The van der Waals surface area contributed by atoms with E-state index in [1.165, 1.54) is 0 Å². The third-order valence-electron chi connectivity index (χ3n) is 3.77. The van der Waals surface area contributed by atoms with Gasteiger partial charge < -0.3 is 15.7 Å². The van der Waals surface area contributed by atoms with Crippen molar-refractivity contribution in [2.75, 3.05) is 5.32 Å². The predicted octanol–water partition coefficient (Wildman–Crippen LogP) is 2.20. The highest BCUT2D eigenvalue weighted by molar-refractivity contribution is 6.39. The van der Waals surface area contributed by atoms with Crippen LogP contribution >= 0.6 is 0 Å². The van der Waals surface area contributed by atoms with Gasteiger partial charge in [-0.2, -0.15) is 13.2 Å². The molecule has 0 atom stereocenters. The monoisotopic (exact) mass is 348 g/mol. The van der Waals surface area contributed by atoms with Crippen molar-refractivity contribution >= 4 is 17.5 Å². The lowest BCUT2D eigenvalue weighted by Crippen LogP contribution is -2.44. The van der Waals surface area contributed by atoms with Gasteiger partial charge in [-0.3, -0.25) is 9.59 Å². The molecule has 1 aliphatic rings. The van der Waals surface area contributed by atoms with Gasteiger partial charge >= 0.3 is 18.0 Å². The normalized spacial score (nSPS) is 21.2. The number of carbonyl (C=O) groups is 2. The summed E-state index contributed by atoms with van der Waals surface area (Å²) in [4.78, 5) is 23.6. The number of alkyl halides is 3. The highest BCUT2D eigenvalue weighted by atomic mass is 19.4. The Kier molecular flexibility index (Phi) is 5.43. The zero-order valence-electron chi connectivity index (χ0n) is 12.5. The van der Waals surface area contributed by atoms with Crippen LogP contribution in [0.2, 0.25) is 0 Å². The molecule has 1 aromatic rings. The van der Waals surface area contributed by atoms with Crippen LogP contribution in [-0.2, 0) is 15.8 Å². The molecule has 2 rings (SSSR count). The van der Waals surface area contributed by atoms with Crippen LogP contribution in [0.25, 0.3) is 0 Å². The van der Waals surface area contributed by atoms with Crippen LogP contribution in [-0.4, -0.2) is 29.1 Å². The molecule has 0 aliphatic heterocycles. The first kappa shape index (κ1) is 18.2. The third-order valence-corrected chi connectivity index (χ3v) is 3.77. The molecule has 1 aliphatic carbocycles. The molecule has 1 aromatic carbocycles. The second-order valence-corrected chi connectivity index (χ2v) is 5.62. The Morgan fingerprint density at radius 3 is 2.29 bits per heavy atom. The van der Waals surface area contributed by atoms with Gasteiger partial charge in [0.15, 0.2) is 0 Å². The number of rotatable bonds is 2. The first-order chi connectivity index (χ1) is 11.2. The summed E-state index contributed by atoms with van der Waals surface area (Å²) in [5, 5.41) is 13.6. The Balaban J connectivity index is 2.03. The van der Waals surface area contributed by atoms with Crippen LogP contribution in [0.1, 0.15) is 31.2 Å². The standard InChI is InChI=1S/C15H16F4N2O3/c16-8-1-6-12(11(7-8)15(17,18)19)21-14(24)13(23)20-9-2-4-10(22)5-3-9/h1,6-7,9-10,22H,2-5H2,(H,20,23)(H,21,24). The Morgan fingerprint density at radius 1 is 1.08 bits per heavy atom. The highest BCUT2D eigenvalue weighted by Crippen LogP contribution is 2.35. The van der Waals surface area contributed by atoms with Gasteiger partial charge in [0.25, 0.3) is 0 Å². The van der Waals surface area contributed by atoms with Crippen molar-refractivity contribution in [1.82, 2.24) is 5.32 Å². The van der Waals surface area contributed by atoms with E-state index in [1.54, 1.807) is 0 Å². The summed E-state index contributed by atoms with van der Waals surface area (Å²) in [6.07, 6.45) is -3.41. The van der Waals surface area contributed by atoms with Gasteiger partial charge in [-0.25, -0.2) is 4.39 Å². The smallest absolute Gasteiger partial charge is 0.393 e. The van der Waals surface area contributed by atoms with Crippen molar-refractivity contribution < 1.29 is 32.3 Å². The van der Waals surface area contributed by atoms with Crippen molar-refractivity contribution in [1.29, 1.82) is 0 Å². The molecule has 3 N–H and O–H groups in total. The maximum Gasteiger partial charge on any atom is 0.418 e. The Bertz CT molecular complexity index is 626. The van der Waals surface area contributed by atoms with Crippen molar-refractivity contribution in [2.45, 2.75) is 44.0 Å². The van der Waals surface area contributed by atoms with E-state index in [0.29, 0.717) is 25.7 Å². The minimum absolute atomic E-state index is 0.246. The molecule has 24 heavy (non-hydrogen) atoms. The molecule has 1 saturated carbocycles. The molecule has 9 heteroatoms. The fourth-order valence-corrected chi connectivity index (χ4v) is 2.51. The van der Waals surface area contributed by atoms with E-state index in [2.05, 4.69) is 5.32 Å². The average Bonchev–Trinajstić information content (AvgIpc) is 2.50. The molecular weight excluding hydrogens is 332 g/mol. The topological polar surface area (TPSA) is 78.4 Å². The van der Waals surface area contributed by atoms with E-state index in [4.69, 9.17) is 0 Å². The van der Waals surface area contributed by atoms with Gasteiger partial charge in [0.2, 0.25) is 0 Å². The summed E-state index contributed by atoms with van der Waals surface area (Å²) < 4.78 is 51.5. The highest BCUT2D eigenvalue weighted by Gasteiger charge is 2.35. The molecule has 0 unspecified atom stereocenters. The summed E-state index contributed by atoms with van der Waals surface area (Å²) in [6, 6.07) is 1.43. The molecule has 2 amide bonds. The SMILES string of the molecule is O=C(Nc1ccc(F)cc1C(F)(F)F)C(=O)NC1CCC(O)CC1. The van der Waals surface area contributed by atoms with Gasteiger partial charge in [-0.05, 0) is 43.9 Å². The molecule has 132 valence electrons. The lowest BCUT2D eigenvalue weighted by Gasteiger charge is -2.25. The van der Waals surface area contributed by atoms with E-state index >= 15 is 0 Å². The van der Waals surface area contributed by atoms with Gasteiger partial charge in [-0.15, -0.1) is 0 Å². The summed E-state index contributed by atoms with van der Waals surface area (Å²) in [7, 11) is 0. The van der Waals surface area contributed by atoms with E-state index in [9.17, 15) is 32.3 Å². The molecule has 5 nitrogen and oxygen atoms in total. The van der Waals surface area contributed by atoms with E-state index in [-0.39, 0.29) is 12.1 Å². The quantitative estimate of drug-likeness (QED) is 0.566. The van der Waals surface area contributed by atoms with E-state index in [1.807, 2.05) is 5.32 Å². The summed E-state index contributed by atoms with van der Waals surface area (Å²) in [5.74, 6) is -3.45. The van der Waals surface area contributed by atoms with Gasteiger partial charge in [0, 0.05) is 6.04 Å². The Morgan fingerprint density at radius 2 is 1.71 bits per heavy atom. The summed E-state index contributed by atoms with van der Waals surface area (Å²) in [6.45, 7) is 0. The minimum Gasteiger partial charge on any atom is -0.393 e. The third kappa shape index (κ3) is 4.67. The van der Waals surface area contributed by atoms with Crippen LogP contribution in [0.5, 0.6) is 0 Å². The maximum atomic E-state index is 13.0. The van der Waals surface area contributed by atoms with Gasteiger partial charge in [0.05, 0.1) is 17.4 Å². The molecule has 1 fully saturated rings. The predicted molar refractivity (Wildman–Crippen MR) is 76.4 cm³/mol. The van der Waals surface area contributed by atoms with Crippen LogP contribution in [0.15, 0.2) is 18.2 Å². The number of nitrogens with one attached hydrogen (secondary N) is 2. The van der Waals surface area contributed by atoms with Crippen molar-refractivity contribution in [3.05, 3.63) is 29.6 Å². The molecule has 0 radical (unpaired) electrons. The number of aliphatic hydroxyl groups is 1. The number of halogens is 4. The fraction of sp³-hybridized carbons (Fsp3) is 0.467. The second kappa shape index (κ2) is 7.16.